The van der Waals surface area contributed by atoms with Crippen molar-refractivity contribution < 1.29 is 32.2 Å². The third kappa shape index (κ3) is 3.13. The Balaban J connectivity index is 2.02. The second kappa shape index (κ2) is 7.52. The second-order valence-corrected chi connectivity index (χ2v) is 7.73. The summed E-state index contributed by atoms with van der Waals surface area (Å²) in [6, 6.07) is 11.7. The van der Waals surface area contributed by atoms with Gasteiger partial charge in [-0.1, -0.05) is 36.0 Å². The first kappa shape index (κ1) is 21.1. The molecule has 0 saturated heterocycles. The molecule has 31 heavy (non-hydrogen) atoms. The number of fused-ring (bicyclic) bond motifs is 3. The van der Waals surface area contributed by atoms with Gasteiger partial charge in [-0.3, -0.25) is 9.69 Å². The molecule has 2 aromatic rings. The Morgan fingerprint density at radius 1 is 1.16 bits per heavy atom. The van der Waals surface area contributed by atoms with Crippen molar-refractivity contribution in [2.24, 2.45) is 0 Å². The number of hydrogen-bond donors (Lipinski definition) is 1. The van der Waals surface area contributed by atoms with E-state index < -0.39 is 29.3 Å². The Bertz CT molecular complexity index is 1080. The van der Waals surface area contributed by atoms with Gasteiger partial charge in [0.2, 0.25) is 5.66 Å². The van der Waals surface area contributed by atoms with E-state index in [-0.39, 0.29) is 22.9 Å². The zero-order valence-corrected chi connectivity index (χ0v) is 17.3. The highest BCUT2D eigenvalue weighted by Crippen LogP contribution is 2.57. The fraction of sp³-hybridized carbons (Fsp3) is 0.238. The molecule has 0 unspecified atom stereocenters. The molecule has 2 aliphatic rings. The third-order valence-corrected chi connectivity index (χ3v) is 6.13. The van der Waals surface area contributed by atoms with Crippen molar-refractivity contribution in [3.63, 3.8) is 0 Å². The minimum Gasteiger partial charge on any atom is -0.497 e. The van der Waals surface area contributed by atoms with Crippen LogP contribution in [-0.4, -0.2) is 31.8 Å². The number of alkyl halides is 3. The van der Waals surface area contributed by atoms with E-state index >= 15 is 0 Å². The summed E-state index contributed by atoms with van der Waals surface area (Å²) in [5.41, 5.74) is -3.40. The first-order valence-electron chi connectivity index (χ1n) is 9.27. The Labute approximate surface area is 180 Å². The molecule has 1 amide bonds. The number of amides is 1. The predicted octanol–water partition coefficient (Wildman–Crippen LogP) is 3.93. The van der Waals surface area contributed by atoms with Gasteiger partial charge in [-0.15, -0.1) is 0 Å². The average molecular weight is 450 g/mol. The molecule has 0 spiro atoms. The fourth-order valence-electron chi connectivity index (χ4n) is 3.64. The summed E-state index contributed by atoms with van der Waals surface area (Å²) in [5, 5.41) is 1.95. The van der Waals surface area contributed by atoms with Crippen molar-refractivity contribution in [3.8, 4) is 5.75 Å². The predicted molar refractivity (Wildman–Crippen MR) is 107 cm³/mol. The summed E-state index contributed by atoms with van der Waals surface area (Å²) < 4.78 is 54.4. The van der Waals surface area contributed by atoms with E-state index in [1.165, 1.54) is 37.4 Å². The van der Waals surface area contributed by atoms with Crippen LogP contribution in [0.4, 0.5) is 18.9 Å². The molecule has 6 nitrogen and oxygen atoms in total. The number of esters is 1. The maximum absolute atomic E-state index is 14.8. The van der Waals surface area contributed by atoms with Crippen LogP contribution in [0, 0.1) is 0 Å². The quantitative estimate of drug-likeness (QED) is 0.563. The van der Waals surface area contributed by atoms with Crippen molar-refractivity contribution in [3.05, 3.63) is 64.7 Å². The van der Waals surface area contributed by atoms with E-state index in [2.05, 4.69) is 5.32 Å². The maximum Gasteiger partial charge on any atom is 0.435 e. The monoisotopic (exact) mass is 450 g/mol. The Morgan fingerprint density at radius 3 is 2.45 bits per heavy atom. The first-order valence-corrected chi connectivity index (χ1v) is 10.1. The molecule has 0 fully saturated rings. The number of nitrogens with zero attached hydrogens (tertiary/aromatic N) is 1. The van der Waals surface area contributed by atoms with Crippen LogP contribution < -0.4 is 15.0 Å². The van der Waals surface area contributed by atoms with Gasteiger partial charge in [0.25, 0.3) is 5.91 Å². The molecule has 0 saturated carbocycles. The second-order valence-electron chi connectivity index (χ2n) is 6.70. The minimum absolute atomic E-state index is 0.0244. The summed E-state index contributed by atoms with van der Waals surface area (Å²) in [5.74, 6) is -1.77. The van der Waals surface area contributed by atoms with Crippen molar-refractivity contribution >= 4 is 29.3 Å². The van der Waals surface area contributed by atoms with Gasteiger partial charge in [-0.25, -0.2) is 4.79 Å². The minimum atomic E-state index is -4.94. The molecule has 2 aromatic carbocycles. The summed E-state index contributed by atoms with van der Waals surface area (Å²) in [6.45, 7) is 1.53. The number of carbonyl (C=O) groups excluding carboxylic acids is 2. The van der Waals surface area contributed by atoms with Gasteiger partial charge in [-0.2, -0.15) is 13.2 Å². The maximum atomic E-state index is 14.8. The number of nitrogens with one attached hydrogen (secondary N) is 1. The molecular formula is C21H17F3N2O4S. The largest absolute Gasteiger partial charge is 0.497 e. The Hall–Kier alpha value is -3.14. The normalized spacial score (nSPS) is 20.2. The lowest BCUT2D eigenvalue weighted by Crippen LogP contribution is -2.68. The smallest absolute Gasteiger partial charge is 0.435 e. The molecule has 1 N–H and O–H groups in total. The third-order valence-electron chi connectivity index (χ3n) is 4.98. The fourth-order valence-corrected chi connectivity index (χ4v) is 4.86. The zero-order chi connectivity index (χ0) is 22.4. The highest BCUT2D eigenvalue weighted by molar-refractivity contribution is 8.03. The van der Waals surface area contributed by atoms with E-state index in [0.29, 0.717) is 10.6 Å². The van der Waals surface area contributed by atoms with E-state index in [4.69, 9.17) is 9.47 Å². The highest BCUT2D eigenvalue weighted by Gasteiger charge is 2.66. The van der Waals surface area contributed by atoms with Gasteiger partial charge < -0.3 is 14.8 Å². The molecule has 0 aliphatic carbocycles. The highest BCUT2D eigenvalue weighted by atomic mass is 32.2. The molecule has 10 heteroatoms. The number of methoxy groups -OCH3 is 1. The number of hydrogen-bond acceptors (Lipinski definition) is 6. The van der Waals surface area contributed by atoms with Gasteiger partial charge >= 0.3 is 12.1 Å². The number of anilines is 1. The molecule has 2 heterocycles. The molecule has 162 valence electrons. The van der Waals surface area contributed by atoms with Crippen molar-refractivity contribution in [1.29, 1.82) is 0 Å². The van der Waals surface area contributed by atoms with Crippen LogP contribution in [-0.2, 0) is 20.0 Å². The molecule has 0 radical (unpaired) electrons. The van der Waals surface area contributed by atoms with Crippen molar-refractivity contribution in [1.82, 2.24) is 5.32 Å². The van der Waals surface area contributed by atoms with Crippen LogP contribution in [0.1, 0.15) is 12.5 Å². The summed E-state index contributed by atoms with van der Waals surface area (Å²) in [7, 11) is 1.40. The molecule has 1 atom stereocenters. The molecule has 0 aromatic heterocycles. The van der Waals surface area contributed by atoms with Crippen LogP contribution in [0.3, 0.4) is 0 Å². The van der Waals surface area contributed by atoms with Crippen LogP contribution in [0.2, 0.25) is 0 Å². The number of benzene rings is 2. The van der Waals surface area contributed by atoms with Gasteiger partial charge in [0.1, 0.15) is 10.8 Å². The van der Waals surface area contributed by atoms with E-state index in [9.17, 15) is 22.8 Å². The first-order chi connectivity index (χ1) is 14.7. The number of rotatable bonds is 4. The van der Waals surface area contributed by atoms with Gasteiger partial charge in [-0.05, 0) is 31.2 Å². The van der Waals surface area contributed by atoms with Crippen LogP contribution in [0.5, 0.6) is 5.75 Å². The Morgan fingerprint density at radius 2 is 1.84 bits per heavy atom. The summed E-state index contributed by atoms with van der Waals surface area (Å²) >= 11 is 0.926. The zero-order valence-electron chi connectivity index (χ0n) is 16.4. The average Bonchev–Trinajstić information content (AvgIpc) is 3.11. The van der Waals surface area contributed by atoms with Crippen molar-refractivity contribution in [2.75, 3.05) is 18.6 Å². The number of ether oxygens (including phenoxy) is 2. The summed E-state index contributed by atoms with van der Waals surface area (Å²) in [6.07, 6.45) is -4.94. The van der Waals surface area contributed by atoms with Crippen LogP contribution in [0.15, 0.2) is 64.0 Å². The van der Waals surface area contributed by atoms with Crippen molar-refractivity contribution in [2.45, 2.75) is 23.7 Å². The van der Waals surface area contributed by atoms with E-state index in [1.807, 2.05) is 0 Å². The van der Waals surface area contributed by atoms with Gasteiger partial charge in [0, 0.05) is 10.5 Å². The SMILES string of the molecule is CCOC(=O)C1=C2Sc3ccccc3N2[C@@](c2ccc(OC)cc2)(C(F)(F)F)NC1=O. The lowest BCUT2D eigenvalue weighted by atomic mass is 9.92. The number of halogens is 3. The van der Waals surface area contributed by atoms with Crippen LogP contribution >= 0.6 is 11.8 Å². The number of para-hydroxylation sites is 1. The number of carbonyl (C=O) groups is 2. The van der Waals surface area contributed by atoms with Gasteiger partial charge in [0.15, 0.2) is 5.57 Å². The molecule has 0 bridgehead atoms. The topological polar surface area (TPSA) is 67.9 Å². The lowest BCUT2D eigenvalue weighted by molar-refractivity contribution is -0.202. The molecule has 4 rings (SSSR count). The van der Waals surface area contributed by atoms with Crippen LogP contribution in [0.25, 0.3) is 0 Å². The molecular weight excluding hydrogens is 433 g/mol. The number of thioether (sulfide) groups is 1. The van der Waals surface area contributed by atoms with E-state index in [0.717, 1.165) is 16.7 Å². The lowest BCUT2D eigenvalue weighted by Gasteiger charge is -2.47. The summed E-state index contributed by atoms with van der Waals surface area (Å²) in [4.78, 5) is 26.9. The standard InChI is InChI=1S/C21H17F3N2O4S/c1-3-30-19(28)16-17(27)25-20(21(22,23)24,12-8-10-13(29-2)11-9-12)26-14-6-4-5-7-15(14)31-18(16)26/h4-11H,3H2,1-2H3,(H,25,27)/t20-/m0/s1. The Kier molecular flexibility index (Phi) is 5.12. The van der Waals surface area contributed by atoms with Gasteiger partial charge in [0.05, 0.1) is 19.4 Å². The molecule has 2 aliphatic heterocycles. The van der Waals surface area contributed by atoms with E-state index in [1.54, 1.807) is 25.1 Å².